The van der Waals surface area contributed by atoms with E-state index in [-0.39, 0.29) is 5.91 Å². The third-order valence-electron chi connectivity index (χ3n) is 4.16. The Kier molecular flexibility index (Phi) is 4.09. The monoisotopic (exact) mass is 327 g/mol. The van der Waals surface area contributed by atoms with Gasteiger partial charge in [-0.25, -0.2) is 9.67 Å². The summed E-state index contributed by atoms with van der Waals surface area (Å²) in [5.74, 6) is 1.23. The number of nitrogens with one attached hydrogen (secondary N) is 1. The van der Waals surface area contributed by atoms with Crippen molar-refractivity contribution in [1.82, 2.24) is 19.9 Å². The van der Waals surface area contributed by atoms with Crippen LogP contribution in [0.1, 0.15) is 34.7 Å². The summed E-state index contributed by atoms with van der Waals surface area (Å²) in [5, 5.41) is 12.1. The van der Waals surface area contributed by atoms with Gasteiger partial charge < -0.3 is 9.84 Å². The summed E-state index contributed by atoms with van der Waals surface area (Å²) in [4.78, 5) is 16.8. The Bertz CT molecular complexity index is 903. The standard InChI is InChI=1S/C17H21N5O2/c1-9-8-10(2)18-17-15(9)16(20-22(17)5)19-14(23)7-6-13-11(3)21-24-12(13)4/h8H,6-7H2,1-5H3,(H,19,20,23). The van der Waals surface area contributed by atoms with E-state index in [1.54, 1.807) is 4.68 Å². The number of hydrogen-bond acceptors (Lipinski definition) is 5. The minimum Gasteiger partial charge on any atom is -0.361 e. The van der Waals surface area contributed by atoms with Crippen LogP contribution >= 0.6 is 0 Å². The van der Waals surface area contributed by atoms with Gasteiger partial charge in [-0.05, 0) is 45.7 Å². The number of fused-ring (bicyclic) bond motifs is 1. The molecule has 24 heavy (non-hydrogen) atoms. The summed E-state index contributed by atoms with van der Waals surface area (Å²) >= 11 is 0. The van der Waals surface area contributed by atoms with Crippen LogP contribution in [0.25, 0.3) is 11.0 Å². The smallest absolute Gasteiger partial charge is 0.225 e. The van der Waals surface area contributed by atoms with Gasteiger partial charge in [0.25, 0.3) is 0 Å². The van der Waals surface area contributed by atoms with Crippen LogP contribution in [0, 0.1) is 27.7 Å². The van der Waals surface area contributed by atoms with Gasteiger partial charge in [-0.15, -0.1) is 0 Å². The highest BCUT2D eigenvalue weighted by Gasteiger charge is 2.16. The van der Waals surface area contributed by atoms with Crippen LogP contribution in [0.3, 0.4) is 0 Å². The number of carbonyl (C=O) groups is 1. The van der Waals surface area contributed by atoms with Gasteiger partial charge in [-0.1, -0.05) is 5.16 Å². The number of pyridine rings is 1. The molecule has 3 aromatic heterocycles. The quantitative estimate of drug-likeness (QED) is 0.796. The van der Waals surface area contributed by atoms with E-state index in [4.69, 9.17) is 4.52 Å². The van der Waals surface area contributed by atoms with Crippen LogP contribution < -0.4 is 5.32 Å². The number of aromatic nitrogens is 4. The number of rotatable bonds is 4. The maximum absolute atomic E-state index is 12.3. The molecule has 0 spiro atoms. The maximum atomic E-state index is 12.3. The second-order valence-electron chi connectivity index (χ2n) is 6.10. The van der Waals surface area contributed by atoms with Gasteiger partial charge in [-0.3, -0.25) is 4.79 Å². The van der Waals surface area contributed by atoms with Crippen molar-refractivity contribution in [3.63, 3.8) is 0 Å². The minimum atomic E-state index is -0.0880. The Balaban J connectivity index is 1.79. The highest BCUT2D eigenvalue weighted by atomic mass is 16.5. The van der Waals surface area contributed by atoms with E-state index in [0.29, 0.717) is 18.7 Å². The maximum Gasteiger partial charge on any atom is 0.225 e. The van der Waals surface area contributed by atoms with Crippen molar-refractivity contribution in [3.05, 3.63) is 34.3 Å². The molecule has 3 heterocycles. The fraction of sp³-hybridized carbons (Fsp3) is 0.412. The highest BCUT2D eigenvalue weighted by molar-refractivity contribution is 6.00. The van der Waals surface area contributed by atoms with E-state index in [0.717, 1.165) is 39.3 Å². The SMILES string of the molecule is Cc1cc(C)c2c(NC(=O)CCc3c(C)noc3C)nn(C)c2n1. The van der Waals surface area contributed by atoms with Crippen molar-refractivity contribution in [2.75, 3.05) is 5.32 Å². The lowest BCUT2D eigenvalue weighted by Crippen LogP contribution is -2.13. The Morgan fingerprint density at radius 3 is 2.71 bits per heavy atom. The van der Waals surface area contributed by atoms with Crippen LogP contribution in [0.5, 0.6) is 0 Å². The molecular formula is C17H21N5O2. The van der Waals surface area contributed by atoms with Crippen LogP contribution in [0.15, 0.2) is 10.6 Å². The molecule has 126 valence electrons. The van der Waals surface area contributed by atoms with Crippen LogP contribution in [-0.4, -0.2) is 25.8 Å². The first-order valence-corrected chi connectivity index (χ1v) is 7.89. The fourth-order valence-electron chi connectivity index (χ4n) is 2.97. The Hall–Kier alpha value is -2.70. The summed E-state index contributed by atoms with van der Waals surface area (Å²) < 4.78 is 6.82. The number of carbonyl (C=O) groups excluding carboxylic acids is 1. The van der Waals surface area contributed by atoms with Crippen LogP contribution in [0.2, 0.25) is 0 Å². The zero-order valence-corrected chi connectivity index (χ0v) is 14.6. The minimum absolute atomic E-state index is 0.0880. The van der Waals surface area contributed by atoms with Gasteiger partial charge in [0, 0.05) is 24.7 Å². The Morgan fingerprint density at radius 1 is 1.29 bits per heavy atom. The average molecular weight is 327 g/mol. The molecule has 7 nitrogen and oxygen atoms in total. The van der Waals surface area contributed by atoms with Gasteiger partial charge in [0.05, 0.1) is 11.1 Å². The normalized spacial score (nSPS) is 11.2. The van der Waals surface area contributed by atoms with Crippen LogP contribution in [0.4, 0.5) is 5.82 Å². The first-order valence-electron chi connectivity index (χ1n) is 7.89. The van der Waals surface area contributed by atoms with Crippen molar-refractivity contribution in [2.24, 2.45) is 7.05 Å². The lowest BCUT2D eigenvalue weighted by atomic mass is 10.1. The molecule has 3 rings (SSSR count). The van der Waals surface area contributed by atoms with Crippen LogP contribution in [-0.2, 0) is 18.3 Å². The predicted octanol–water partition coefficient (Wildman–Crippen LogP) is 2.76. The molecular weight excluding hydrogens is 306 g/mol. The van der Waals surface area contributed by atoms with Crippen molar-refractivity contribution in [3.8, 4) is 0 Å². The molecule has 0 aliphatic carbocycles. The Labute approximate surface area is 140 Å². The first-order chi connectivity index (χ1) is 11.4. The molecule has 7 heteroatoms. The fourth-order valence-corrected chi connectivity index (χ4v) is 2.97. The van der Waals surface area contributed by atoms with Gasteiger partial charge >= 0.3 is 0 Å². The van der Waals surface area contributed by atoms with Gasteiger partial charge in [0.1, 0.15) is 5.76 Å². The molecule has 0 atom stereocenters. The number of hydrogen-bond donors (Lipinski definition) is 1. The number of amides is 1. The second-order valence-corrected chi connectivity index (χ2v) is 6.10. The molecule has 1 N–H and O–H groups in total. The summed E-state index contributed by atoms with van der Waals surface area (Å²) in [6, 6.07) is 1.99. The summed E-state index contributed by atoms with van der Waals surface area (Å²) in [7, 11) is 1.83. The summed E-state index contributed by atoms with van der Waals surface area (Å²) in [6.45, 7) is 7.68. The third-order valence-corrected chi connectivity index (χ3v) is 4.16. The van der Waals surface area contributed by atoms with Gasteiger partial charge in [0.15, 0.2) is 11.5 Å². The zero-order chi connectivity index (χ0) is 17.4. The lowest BCUT2D eigenvalue weighted by Gasteiger charge is -2.04. The van der Waals surface area contributed by atoms with E-state index >= 15 is 0 Å². The van der Waals surface area contributed by atoms with Crippen molar-refractivity contribution in [2.45, 2.75) is 40.5 Å². The zero-order valence-electron chi connectivity index (χ0n) is 14.6. The molecule has 1 amide bonds. The molecule has 0 saturated carbocycles. The van der Waals surface area contributed by atoms with E-state index in [1.807, 2.05) is 40.8 Å². The van der Waals surface area contributed by atoms with E-state index in [2.05, 4.69) is 20.6 Å². The summed E-state index contributed by atoms with van der Waals surface area (Å²) in [6.07, 6.45) is 0.938. The number of anilines is 1. The molecule has 0 radical (unpaired) electrons. The first kappa shape index (κ1) is 16.2. The highest BCUT2D eigenvalue weighted by Crippen LogP contribution is 2.25. The predicted molar refractivity (Wildman–Crippen MR) is 90.9 cm³/mol. The van der Waals surface area contributed by atoms with Crippen molar-refractivity contribution >= 4 is 22.8 Å². The van der Waals surface area contributed by atoms with Crippen molar-refractivity contribution < 1.29 is 9.32 Å². The molecule has 0 aromatic carbocycles. The van der Waals surface area contributed by atoms with E-state index in [9.17, 15) is 4.79 Å². The second kappa shape index (κ2) is 6.07. The molecule has 0 saturated heterocycles. The Morgan fingerprint density at radius 2 is 2.04 bits per heavy atom. The molecule has 0 aliphatic heterocycles. The largest absolute Gasteiger partial charge is 0.361 e. The number of nitrogens with zero attached hydrogens (tertiary/aromatic N) is 4. The molecule has 0 unspecified atom stereocenters. The third kappa shape index (κ3) is 2.89. The molecule has 0 bridgehead atoms. The summed E-state index contributed by atoms with van der Waals surface area (Å²) in [5.41, 5.74) is 4.57. The topological polar surface area (TPSA) is 85.8 Å². The lowest BCUT2D eigenvalue weighted by molar-refractivity contribution is -0.116. The van der Waals surface area contributed by atoms with Gasteiger partial charge in [-0.2, -0.15) is 5.10 Å². The molecule has 0 aliphatic rings. The van der Waals surface area contributed by atoms with E-state index < -0.39 is 0 Å². The molecule has 0 fully saturated rings. The average Bonchev–Trinajstić information content (AvgIpc) is 2.98. The van der Waals surface area contributed by atoms with Crippen molar-refractivity contribution in [1.29, 1.82) is 0 Å². The molecule has 3 aromatic rings. The number of aryl methyl sites for hydroxylation is 5. The van der Waals surface area contributed by atoms with Gasteiger partial charge in [0.2, 0.25) is 5.91 Å². The van der Waals surface area contributed by atoms with E-state index in [1.165, 1.54) is 0 Å².